The zero-order valence-electron chi connectivity index (χ0n) is 14.3. The maximum Gasteiger partial charge on any atom is 0.387 e. The monoisotopic (exact) mass is 324 g/mol. The Labute approximate surface area is 139 Å². The number of hydrogen-bond acceptors (Lipinski definition) is 1. The van der Waals surface area contributed by atoms with E-state index < -0.39 is 6.61 Å². The normalized spacial score (nSPS) is 21.6. The van der Waals surface area contributed by atoms with E-state index in [1.807, 2.05) is 12.1 Å². The van der Waals surface area contributed by atoms with Gasteiger partial charge in [-0.25, -0.2) is 0 Å². The predicted molar refractivity (Wildman–Crippen MR) is 91.1 cm³/mol. The number of benzene rings is 1. The van der Waals surface area contributed by atoms with Crippen molar-refractivity contribution in [2.45, 2.75) is 83.7 Å². The lowest BCUT2D eigenvalue weighted by Gasteiger charge is -2.29. The first kappa shape index (κ1) is 18.2. The van der Waals surface area contributed by atoms with Crippen molar-refractivity contribution < 1.29 is 13.5 Å². The van der Waals surface area contributed by atoms with Gasteiger partial charge in [0, 0.05) is 0 Å². The molecule has 130 valence electrons. The summed E-state index contributed by atoms with van der Waals surface area (Å²) < 4.78 is 28.7. The summed E-state index contributed by atoms with van der Waals surface area (Å²) in [7, 11) is 0. The van der Waals surface area contributed by atoms with Crippen LogP contribution in [0.15, 0.2) is 24.3 Å². The molecule has 3 heteroatoms. The highest BCUT2D eigenvalue weighted by molar-refractivity contribution is 5.29. The Balaban J connectivity index is 1.69. The van der Waals surface area contributed by atoms with Gasteiger partial charge in [0.1, 0.15) is 5.75 Å². The van der Waals surface area contributed by atoms with Crippen LogP contribution >= 0.6 is 0 Å². The van der Waals surface area contributed by atoms with E-state index >= 15 is 0 Å². The fourth-order valence-corrected chi connectivity index (χ4v) is 3.74. The Morgan fingerprint density at radius 3 is 2.22 bits per heavy atom. The molecule has 1 aliphatic rings. The quantitative estimate of drug-likeness (QED) is 0.448. The van der Waals surface area contributed by atoms with Gasteiger partial charge in [0.15, 0.2) is 0 Å². The minimum atomic E-state index is -2.74. The zero-order valence-corrected chi connectivity index (χ0v) is 14.3. The highest BCUT2D eigenvalue weighted by Gasteiger charge is 2.22. The van der Waals surface area contributed by atoms with Crippen LogP contribution < -0.4 is 4.74 Å². The Morgan fingerprint density at radius 2 is 1.61 bits per heavy atom. The predicted octanol–water partition coefficient (Wildman–Crippen LogP) is 6.92. The van der Waals surface area contributed by atoms with Gasteiger partial charge in [-0.1, -0.05) is 57.6 Å². The molecule has 0 aromatic heterocycles. The van der Waals surface area contributed by atoms with Gasteiger partial charge in [0.05, 0.1) is 0 Å². The number of halogens is 2. The minimum absolute atomic E-state index is 0.254. The van der Waals surface area contributed by atoms with Gasteiger partial charge in [-0.15, -0.1) is 0 Å². The average molecular weight is 324 g/mol. The molecular formula is C20H30F2O. The number of unbranched alkanes of at least 4 members (excludes halogenated alkanes) is 4. The molecule has 0 spiro atoms. The third-order valence-electron chi connectivity index (χ3n) is 5.14. The van der Waals surface area contributed by atoms with Gasteiger partial charge < -0.3 is 4.74 Å². The molecule has 0 heterocycles. The zero-order chi connectivity index (χ0) is 16.5. The van der Waals surface area contributed by atoms with Gasteiger partial charge in [-0.05, 0) is 55.2 Å². The van der Waals surface area contributed by atoms with Crippen molar-refractivity contribution in [2.75, 3.05) is 0 Å². The van der Waals surface area contributed by atoms with E-state index in [1.165, 1.54) is 69.8 Å². The van der Waals surface area contributed by atoms with Crippen molar-refractivity contribution >= 4 is 0 Å². The average Bonchev–Trinajstić information content (AvgIpc) is 2.55. The molecule has 1 saturated carbocycles. The largest absolute Gasteiger partial charge is 0.435 e. The van der Waals surface area contributed by atoms with Crippen molar-refractivity contribution in [1.82, 2.24) is 0 Å². The molecule has 1 nitrogen and oxygen atoms in total. The molecule has 1 aliphatic carbocycles. The van der Waals surface area contributed by atoms with Crippen molar-refractivity contribution in [3.63, 3.8) is 0 Å². The van der Waals surface area contributed by atoms with Crippen LogP contribution in [0.1, 0.15) is 82.6 Å². The smallest absolute Gasteiger partial charge is 0.387 e. The minimum Gasteiger partial charge on any atom is -0.435 e. The molecule has 0 unspecified atom stereocenters. The molecule has 0 N–H and O–H groups in total. The summed E-state index contributed by atoms with van der Waals surface area (Å²) in [5.41, 5.74) is 1.27. The molecular weight excluding hydrogens is 294 g/mol. The van der Waals surface area contributed by atoms with Gasteiger partial charge in [0.2, 0.25) is 0 Å². The lowest BCUT2D eigenvalue weighted by atomic mass is 9.77. The second-order valence-corrected chi connectivity index (χ2v) is 6.87. The number of ether oxygens (including phenoxy) is 1. The molecule has 0 amide bonds. The molecule has 1 aromatic rings. The molecule has 0 saturated heterocycles. The van der Waals surface area contributed by atoms with Crippen molar-refractivity contribution in [3.8, 4) is 5.75 Å². The highest BCUT2D eigenvalue weighted by atomic mass is 19.3. The molecule has 2 rings (SSSR count). The third kappa shape index (κ3) is 6.48. The van der Waals surface area contributed by atoms with E-state index in [0.29, 0.717) is 5.92 Å². The highest BCUT2D eigenvalue weighted by Crippen LogP contribution is 2.38. The fraction of sp³-hybridized carbons (Fsp3) is 0.700. The van der Waals surface area contributed by atoms with Crippen LogP contribution in [0.25, 0.3) is 0 Å². The van der Waals surface area contributed by atoms with Crippen LogP contribution in [-0.2, 0) is 0 Å². The Hall–Kier alpha value is -1.12. The Kier molecular flexibility index (Phi) is 7.84. The van der Waals surface area contributed by atoms with Gasteiger partial charge in [-0.2, -0.15) is 8.78 Å². The molecule has 0 atom stereocenters. The van der Waals surface area contributed by atoms with Crippen LogP contribution in [0.3, 0.4) is 0 Å². The first-order valence-corrected chi connectivity index (χ1v) is 9.23. The van der Waals surface area contributed by atoms with Crippen LogP contribution in [0.4, 0.5) is 8.78 Å². The molecule has 1 fully saturated rings. The van der Waals surface area contributed by atoms with E-state index in [-0.39, 0.29) is 5.75 Å². The van der Waals surface area contributed by atoms with Gasteiger partial charge >= 0.3 is 6.61 Å². The van der Waals surface area contributed by atoms with E-state index in [1.54, 1.807) is 12.1 Å². The van der Waals surface area contributed by atoms with Crippen molar-refractivity contribution in [1.29, 1.82) is 0 Å². The SMILES string of the molecule is CCCCCCC[C@H]1CC[C@H](c2ccc(OC(F)F)cc2)CC1. The van der Waals surface area contributed by atoms with Crippen LogP contribution in [0.2, 0.25) is 0 Å². The Bertz CT molecular complexity index is 422. The van der Waals surface area contributed by atoms with Crippen molar-refractivity contribution in [2.24, 2.45) is 5.92 Å². The lowest BCUT2D eigenvalue weighted by Crippen LogP contribution is -2.13. The van der Waals surface area contributed by atoms with Crippen LogP contribution in [-0.4, -0.2) is 6.61 Å². The van der Waals surface area contributed by atoms with Gasteiger partial charge in [0.25, 0.3) is 0 Å². The summed E-state index contributed by atoms with van der Waals surface area (Å²) in [6, 6.07) is 7.24. The molecule has 0 radical (unpaired) electrons. The molecule has 0 aliphatic heterocycles. The fourth-order valence-electron chi connectivity index (χ4n) is 3.74. The maximum atomic E-state index is 12.2. The molecule has 0 bridgehead atoms. The third-order valence-corrected chi connectivity index (χ3v) is 5.14. The topological polar surface area (TPSA) is 9.23 Å². The molecule has 1 aromatic carbocycles. The first-order chi connectivity index (χ1) is 11.2. The summed E-state index contributed by atoms with van der Waals surface area (Å²) in [6.07, 6.45) is 13.3. The number of alkyl halides is 2. The summed E-state index contributed by atoms with van der Waals surface area (Å²) >= 11 is 0. The summed E-state index contributed by atoms with van der Waals surface area (Å²) in [6.45, 7) is -0.485. The van der Waals surface area contributed by atoms with E-state index in [2.05, 4.69) is 11.7 Å². The van der Waals surface area contributed by atoms with Crippen molar-refractivity contribution in [3.05, 3.63) is 29.8 Å². The number of rotatable bonds is 9. The summed E-state index contributed by atoms with van der Waals surface area (Å²) in [4.78, 5) is 0. The lowest BCUT2D eigenvalue weighted by molar-refractivity contribution is -0.0498. The second-order valence-electron chi connectivity index (χ2n) is 6.87. The Morgan fingerprint density at radius 1 is 0.957 bits per heavy atom. The standard InChI is InChI=1S/C20H30F2O/c1-2-3-4-5-6-7-16-8-10-17(11-9-16)18-12-14-19(15-13-18)23-20(21)22/h12-17,20H,2-11H2,1H3/t16-,17-. The van der Waals surface area contributed by atoms with Gasteiger partial charge in [-0.3, -0.25) is 0 Å². The van der Waals surface area contributed by atoms with E-state index in [0.717, 1.165) is 5.92 Å². The first-order valence-electron chi connectivity index (χ1n) is 9.23. The van der Waals surface area contributed by atoms with E-state index in [4.69, 9.17) is 0 Å². The maximum absolute atomic E-state index is 12.2. The molecule has 23 heavy (non-hydrogen) atoms. The number of hydrogen-bond donors (Lipinski definition) is 0. The van der Waals surface area contributed by atoms with E-state index in [9.17, 15) is 8.78 Å². The summed E-state index contributed by atoms with van der Waals surface area (Å²) in [5, 5.41) is 0. The van der Waals surface area contributed by atoms with Crippen LogP contribution in [0.5, 0.6) is 5.75 Å². The summed E-state index contributed by atoms with van der Waals surface area (Å²) in [5.74, 6) is 1.74. The second kappa shape index (κ2) is 9.89. The van der Waals surface area contributed by atoms with Crippen LogP contribution in [0, 0.1) is 5.92 Å².